The van der Waals surface area contributed by atoms with Crippen molar-refractivity contribution in [3.63, 3.8) is 0 Å². The predicted octanol–water partition coefficient (Wildman–Crippen LogP) is 13.5. The minimum atomic E-state index is -0.401. The van der Waals surface area contributed by atoms with Crippen LogP contribution in [0.1, 0.15) is 23.6 Å². The lowest BCUT2D eigenvalue weighted by atomic mass is 9.97. The maximum Gasteiger partial charge on any atom is 0.333 e. The molecule has 0 saturated carbocycles. The largest absolute Gasteiger partial charge is 0.458 e. The summed E-state index contributed by atoms with van der Waals surface area (Å²) >= 11 is 0. The minimum absolute atomic E-state index is 0.257. The number of carbonyl (C=O) groups is 2. The van der Waals surface area contributed by atoms with Crippen molar-refractivity contribution in [3.8, 4) is 0 Å². The number of carbonyl (C=O) groups excluding carboxylic acids is 2. The van der Waals surface area contributed by atoms with Gasteiger partial charge in [0.15, 0.2) is 0 Å². The molecule has 4 heteroatoms. The zero-order chi connectivity index (χ0) is 39.7. The number of hydrogen-bond donors (Lipinski definition) is 0. The average molecular weight is 743 g/mol. The van der Waals surface area contributed by atoms with Crippen molar-refractivity contribution in [2.24, 2.45) is 0 Å². The van der Waals surface area contributed by atoms with E-state index in [0.717, 1.165) is 54.2 Å². The highest BCUT2D eigenvalue weighted by atomic mass is 16.5. The lowest BCUT2D eigenvalue weighted by Crippen LogP contribution is -2.05. The van der Waals surface area contributed by atoms with Gasteiger partial charge in [-0.3, -0.25) is 0 Å². The Labute approximate surface area is 332 Å². The first-order valence-electron chi connectivity index (χ1n) is 18.8. The highest BCUT2D eigenvalue weighted by Crippen LogP contribution is 2.31. The molecule has 9 aromatic rings. The molecular weight excluding hydrogens is 701 g/mol. The van der Waals surface area contributed by atoms with Gasteiger partial charge in [0.2, 0.25) is 0 Å². The molecule has 0 N–H and O–H groups in total. The van der Waals surface area contributed by atoms with E-state index in [4.69, 9.17) is 9.47 Å². The Morgan fingerprint density at radius 2 is 0.772 bits per heavy atom. The molecule has 0 heterocycles. The molecule has 0 aliphatic heterocycles. The highest BCUT2D eigenvalue weighted by molar-refractivity contribution is 6.07. The van der Waals surface area contributed by atoms with Crippen LogP contribution >= 0.6 is 0 Å². The molecule has 0 atom stereocenters. The van der Waals surface area contributed by atoms with Crippen LogP contribution in [0.5, 0.6) is 0 Å². The van der Waals surface area contributed by atoms with E-state index in [9.17, 15) is 9.59 Å². The van der Waals surface area contributed by atoms with Crippen molar-refractivity contribution in [1.29, 1.82) is 0 Å². The van der Waals surface area contributed by atoms with Gasteiger partial charge >= 0.3 is 11.9 Å². The minimum Gasteiger partial charge on any atom is -0.458 e. The van der Waals surface area contributed by atoms with E-state index < -0.39 is 5.97 Å². The summed E-state index contributed by atoms with van der Waals surface area (Å²) in [5, 5.41) is 14.2. The fourth-order valence-corrected chi connectivity index (χ4v) is 7.26. The van der Waals surface area contributed by atoms with E-state index in [0.29, 0.717) is 5.57 Å². The molecule has 57 heavy (non-hydrogen) atoms. The van der Waals surface area contributed by atoms with Crippen LogP contribution in [0.25, 0.3) is 70.7 Å². The quantitative estimate of drug-likeness (QED) is 0.0927. The third-order valence-electron chi connectivity index (χ3n) is 10.0. The normalized spacial score (nSPS) is 10.7. The van der Waals surface area contributed by atoms with Gasteiger partial charge in [-0.15, -0.1) is 0 Å². The number of hydrogen-bond acceptors (Lipinski definition) is 4. The van der Waals surface area contributed by atoms with E-state index in [-0.39, 0.29) is 19.2 Å². The Bertz CT molecular complexity index is 2810. The number of benzene rings is 9. The zero-order valence-electron chi connectivity index (χ0n) is 31.9. The third-order valence-corrected chi connectivity index (χ3v) is 10.0. The van der Waals surface area contributed by atoms with Crippen LogP contribution < -0.4 is 0 Å². The Hall–Kier alpha value is -7.30. The molecule has 0 saturated heterocycles. The number of esters is 2. The molecule has 9 rings (SSSR count). The van der Waals surface area contributed by atoms with Crippen molar-refractivity contribution in [2.75, 3.05) is 0 Å². The van der Waals surface area contributed by atoms with E-state index in [2.05, 4.69) is 135 Å². The first-order valence-corrected chi connectivity index (χ1v) is 18.8. The van der Waals surface area contributed by atoms with Crippen LogP contribution in [0.4, 0.5) is 0 Å². The summed E-state index contributed by atoms with van der Waals surface area (Å²) in [6, 6.07) is 56.0. The Morgan fingerprint density at radius 1 is 0.474 bits per heavy atom. The molecule has 0 amide bonds. The van der Waals surface area contributed by atoms with Gasteiger partial charge in [-0.05, 0) is 95.3 Å². The van der Waals surface area contributed by atoms with Gasteiger partial charge in [-0.2, -0.15) is 0 Å². The van der Waals surface area contributed by atoms with Crippen LogP contribution in [0.3, 0.4) is 0 Å². The molecular formula is C53H42O4. The van der Waals surface area contributed by atoms with Gasteiger partial charge in [0.1, 0.15) is 13.2 Å². The summed E-state index contributed by atoms with van der Waals surface area (Å²) in [4.78, 5) is 23.0. The Kier molecular flexibility index (Phi) is 11.6. The van der Waals surface area contributed by atoms with Gasteiger partial charge in [-0.25, -0.2) is 9.59 Å². The van der Waals surface area contributed by atoms with Crippen LogP contribution in [-0.4, -0.2) is 11.9 Å². The highest BCUT2D eigenvalue weighted by Gasteiger charge is 2.11. The second-order valence-electron chi connectivity index (χ2n) is 13.7. The topological polar surface area (TPSA) is 52.6 Å². The summed E-state index contributed by atoms with van der Waals surface area (Å²) in [6.07, 6.45) is 3.14. The van der Waals surface area contributed by atoms with E-state index in [1.54, 1.807) is 6.92 Å². The molecule has 0 unspecified atom stereocenters. The maximum atomic E-state index is 11.7. The van der Waals surface area contributed by atoms with Gasteiger partial charge in [-0.1, -0.05) is 171 Å². The summed E-state index contributed by atoms with van der Waals surface area (Å²) in [7, 11) is 0. The van der Waals surface area contributed by atoms with Gasteiger partial charge in [0.25, 0.3) is 0 Å². The molecule has 0 spiro atoms. The maximum absolute atomic E-state index is 11.7. The fourth-order valence-electron chi connectivity index (χ4n) is 7.26. The lowest BCUT2D eigenvalue weighted by molar-refractivity contribution is -0.140. The summed E-state index contributed by atoms with van der Waals surface area (Å²) in [6.45, 7) is 13.1. The van der Waals surface area contributed by atoms with E-state index in [1.165, 1.54) is 33.2 Å². The SMILES string of the molecule is C=C(C)C(=O)OCc1c2ccccc2cc2ccccc12.C=CC(=O)OCc1c2ccccc2cc2ccccc12.C=Cc1c2ccccc2cc2ccccc12. The van der Waals surface area contributed by atoms with E-state index in [1.807, 2.05) is 54.6 Å². The van der Waals surface area contributed by atoms with E-state index >= 15 is 0 Å². The number of ether oxygens (including phenoxy) is 2. The smallest absolute Gasteiger partial charge is 0.333 e. The average Bonchev–Trinajstić information content (AvgIpc) is 3.25. The summed E-state index contributed by atoms with van der Waals surface area (Å²) in [5.74, 6) is -0.756. The molecule has 4 nitrogen and oxygen atoms in total. The first-order chi connectivity index (χ1) is 27.9. The molecule has 0 aromatic heterocycles. The zero-order valence-corrected chi connectivity index (χ0v) is 31.9. The molecule has 0 aliphatic rings. The molecule has 0 aliphatic carbocycles. The van der Waals surface area contributed by atoms with Crippen molar-refractivity contribution >= 4 is 82.6 Å². The molecule has 9 aromatic carbocycles. The summed E-state index contributed by atoms with van der Waals surface area (Å²) < 4.78 is 10.6. The van der Waals surface area contributed by atoms with Crippen molar-refractivity contribution in [3.05, 3.63) is 212 Å². The van der Waals surface area contributed by atoms with Crippen molar-refractivity contribution in [1.82, 2.24) is 0 Å². The molecule has 0 fully saturated rings. The Balaban J connectivity index is 0.000000132. The number of rotatable bonds is 7. The molecule has 0 bridgehead atoms. The van der Waals surface area contributed by atoms with Crippen molar-refractivity contribution in [2.45, 2.75) is 20.1 Å². The van der Waals surface area contributed by atoms with Crippen LogP contribution in [0.15, 0.2) is 195 Å². The summed E-state index contributed by atoms with van der Waals surface area (Å²) in [5.41, 5.74) is 3.72. The third kappa shape index (κ3) is 8.36. The van der Waals surface area contributed by atoms with Crippen LogP contribution in [-0.2, 0) is 32.3 Å². The first kappa shape index (κ1) is 38.0. The van der Waals surface area contributed by atoms with Gasteiger partial charge in [0.05, 0.1) is 0 Å². The second kappa shape index (κ2) is 17.4. The van der Waals surface area contributed by atoms with Crippen LogP contribution in [0.2, 0.25) is 0 Å². The Morgan fingerprint density at radius 3 is 1.09 bits per heavy atom. The molecule has 278 valence electrons. The second-order valence-corrected chi connectivity index (χ2v) is 13.7. The van der Waals surface area contributed by atoms with Gasteiger partial charge in [0, 0.05) is 22.8 Å². The monoisotopic (exact) mass is 742 g/mol. The van der Waals surface area contributed by atoms with Gasteiger partial charge < -0.3 is 9.47 Å². The number of fused-ring (bicyclic) bond motifs is 6. The molecule has 0 radical (unpaired) electrons. The van der Waals surface area contributed by atoms with Crippen LogP contribution in [0, 0.1) is 0 Å². The fraction of sp³-hybridized carbons (Fsp3) is 0.0566. The van der Waals surface area contributed by atoms with Crippen molar-refractivity contribution < 1.29 is 19.1 Å². The lowest BCUT2D eigenvalue weighted by Gasteiger charge is -2.12. The predicted molar refractivity (Wildman–Crippen MR) is 239 cm³/mol. The standard InChI is InChI=1S/C19H16O2.C18H14O2.C16H12/c1-13(2)19(20)21-12-18-16-9-5-3-7-14(16)11-15-8-4-6-10-17(15)18;1-2-18(19)20-12-17-15-9-5-3-7-13(15)11-14-8-4-6-10-16(14)17;1-2-14-15-9-5-3-7-12(15)11-13-8-4-6-10-16(13)14/h3-11H,1,12H2,2H3;2-11H,1,12H2;2-11H,1H2.